The number of hydrogen-bond donors (Lipinski definition) is 2. The number of amides is 1. The van der Waals surface area contributed by atoms with Gasteiger partial charge in [-0.15, -0.1) is 0 Å². The molecular formula is C14H14N2O4S. The number of hydrogen-bond acceptors (Lipinski definition) is 4. The Balaban J connectivity index is 2.01. The fourth-order valence-corrected chi connectivity index (χ4v) is 2.13. The third-order valence-corrected chi connectivity index (χ3v) is 3.54. The summed E-state index contributed by atoms with van der Waals surface area (Å²) in [6, 6.07) is 9.11. The molecule has 0 aliphatic heterocycles. The monoisotopic (exact) mass is 306 g/mol. The number of primary sulfonamides is 1. The highest BCUT2D eigenvalue weighted by Gasteiger charge is 2.07. The summed E-state index contributed by atoms with van der Waals surface area (Å²) in [6.07, 6.45) is 2.87. The standard InChI is InChI=1S/C14H14N2O4S/c1-10-2-5-12(20-10)6-9-14(17)16-11-3-7-13(8-4-11)21(15,18)19/h2-9H,1H3,(H,16,17)(H2,15,18,19)/b9-6+. The second-order valence-electron chi connectivity index (χ2n) is 4.34. The van der Waals surface area contributed by atoms with Crippen LogP contribution in [-0.2, 0) is 14.8 Å². The maximum absolute atomic E-state index is 11.7. The van der Waals surface area contributed by atoms with Gasteiger partial charge in [-0.2, -0.15) is 0 Å². The van der Waals surface area contributed by atoms with Gasteiger partial charge >= 0.3 is 0 Å². The molecule has 0 atom stereocenters. The zero-order valence-corrected chi connectivity index (χ0v) is 12.1. The normalized spacial score (nSPS) is 11.7. The van der Waals surface area contributed by atoms with Gasteiger partial charge in [-0.25, -0.2) is 13.6 Å². The number of nitrogens with one attached hydrogen (secondary N) is 1. The molecule has 1 amide bonds. The summed E-state index contributed by atoms with van der Waals surface area (Å²) in [5.74, 6) is 0.980. The Bertz CT molecular complexity index is 774. The number of rotatable bonds is 4. The molecule has 0 aliphatic carbocycles. The molecule has 110 valence electrons. The minimum Gasteiger partial charge on any atom is -0.462 e. The van der Waals surface area contributed by atoms with E-state index in [-0.39, 0.29) is 10.8 Å². The lowest BCUT2D eigenvalue weighted by atomic mass is 10.3. The van der Waals surface area contributed by atoms with E-state index >= 15 is 0 Å². The van der Waals surface area contributed by atoms with Crippen molar-refractivity contribution in [2.24, 2.45) is 5.14 Å². The number of carbonyl (C=O) groups excluding carboxylic acids is 1. The summed E-state index contributed by atoms with van der Waals surface area (Å²) in [5.41, 5.74) is 0.465. The number of aryl methyl sites for hydroxylation is 1. The largest absolute Gasteiger partial charge is 0.462 e. The summed E-state index contributed by atoms with van der Waals surface area (Å²) >= 11 is 0. The molecular weight excluding hydrogens is 292 g/mol. The van der Waals surface area contributed by atoms with Crippen molar-refractivity contribution in [1.29, 1.82) is 0 Å². The van der Waals surface area contributed by atoms with E-state index in [4.69, 9.17) is 9.56 Å². The fourth-order valence-electron chi connectivity index (χ4n) is 1.61. The molecule has 0 bridgehead atoms. The van der Waals surface area contributed by atoms with Crippen LogP contribution < -0.4 is 10.5 Å². The van der Waals surface area contributed by atoms with E-state index in [2.05, 4.69) is 5.32 Å². The van der Waals surface area contributed by atoms with Gasteiger partial charge in [-0.05, 0) is 49.4 Å². The van der Waals surface area contributed by atoms with Crippen LogP contribution in [0, 0.1) is 6.92 Å². The van der Waals surface area contributed by atoms with Crippen LogP contribution in [0.3, 0.4) is 0 Å². The third-order valence-electron chi connectivity index (χ3n) is 2.61. The first-order valence-electron chi connectivity index (χ1n) is 6.03. The first-order valence-corrected chi connectivity index (χ1v) is 7.57. The molecule has 1 aromatic heterocycles. The molecule has 2 aromatic rings. The number of sulfonamides is 1. The Morgan fingerprint density at radius 3 is 2.38 bits per heavy atom. The second-order valence-corrected chi connectivity index (χ2v) is 5.90. The molecule has 0 saturated heterocycles. The van der Waals surface area contributed by atoms with E-state index < -0.39 is 10.0 Å². The molecule has 0 radical (unpaired) electrons. The number of benzene rings is 1. The van der Waals surface area contributed by atoms with Gasteiger partial charge in [0.2, 0.25) is 15.9 Å². The van der Waals surface area contributed by atoms with E-state index in [9.17, 15) is 13.2 Å². The molecule has 2 rings (SSSR count). The Morgan fingerprint density at radius 2 is 1.86 bits per heavy atom. The average Bonchev–Trinajstić information content (AvgIpc) is 2.82. The van der Waals surface area contributed by atoms with Crippen molar-refractivity contribution in [3.8, 4) is 0 Å². The van der Waals surface area contributed by atoms with Gasteiger partial charge in [0.05, 0.1) is 4.90 Å². The van der Waals surface area contributed by atoms with Crippen molar-refractivity contribution < 1.29 is 17.6 Å². The van der Waals surface area contributed by atoms with Crippen molar-refractivity contribution in [1.82, 2.24) is 0 Å². The number of nitrogens with two attached hydrogens (primary N) is 1. The van der Waals surface area contributed by atoms with Crippen LogP contribution in [0.25, 0.3) is 6.08 Å². The molecule has 1 heterocycles. The molecule has 21 heavy (non-hydrogen) atoms. The summed E-state index contributed by atoms with van der Waals surface area (Å²) in [7, 11) is -3.73. The third kappa shape index (κ3) is 4.30. The number of carbonyl (C=O) groups is 1. The van der Waals surface area contributed by atoms with E-state index in [1.807, 2.05) is 6.92 Å². The van der Waals surface area contributed by atoms with Crippen LogP contribution in [0.2, 0.25) is 0 Å². The molecule has 3 N–H and O–H groups in total. The van der Waals surface area contributed by atoms with Crippen LogP contribution in [0.15, 0.2) is 51.8 Å². The lowest BCUT2D eigenvalue weighted by Gasteiger charge is -2.03. The van der Waals surface area contributed by atoms with Gasteiger partial charge in [0.1, 0.15) is 11.5 Å². The Labute approximate surface area is 122 Å². The van der Waals surface area contributed by atoms with Crippen molar-refractivity contribution in [3.63, 3.8) is 0 Å². The van der Waals surface area contributed by atoms with Crippen LogP contribution in [0.5, 0.6) is 0 Å². The quantitative estimate of drug-likeness (QED) is 0.842. The highest BCUT2D eigenvalue weighted by Crippen LogP contribution is 2.13. The molecule has 0 saturated carbocycles. The van der Waals surface area contributed by atoms with E-state index in [1.165, 1.54) is 30.3 Å². The van der Waals surface area contributed by atoms with Crippen molar-refractivity contribution >= 4 is 27.7 Å². The zero-order chi connectivity index (χ0) is 15.5. The van der Waals surface area contributed by atoms with Gasteiger partial charge in [0, 0.05) is 11.8 Å². The van der Waals surface area contributed by atoms with Gasteiger partial charge < -0.3 is 9.73 Å². The highest BCUT2D eigenvalue weighted by atomic mass is 32.2. The smallest absolute Gasteiger partial charge is 0.248 e. The Kier molecular flexibility index (Phi) is 4.25. The average molecular weight is 306 g/mol. The minimum atomic E-state index is -3.73. The van der Waals surface area contributed by atoms with E-state index in [0.717, 1.165) is 5.76 Å². The van der Waals surface area contributed by atoms with Gasteiger partial charge in [0.15, 0.2) is 0 Å². The van der Waals surface area contributed by atoms with Gasteiger partial charge in [-0.1, -0.05) is 0 Å². The van der Waals surface area contributed by atoms with Gasteiger partial charge in [0.25, 0.3) is 0 Å². The maximum atomic E-state index is 11.7. The zero-order valence-electron chi connectivity index (χ0n) is 11.2. The molecule has 0 aliphatic rings. The summed E-state index contributed by atoms with van der Waals surface area (Å²) in [4.78, 5) is 11.7. The number of anilines is 1. The maximum Gasteiger partial charge on any atom is 0.248 e. The first kappa shape index (κ1) is 15.0. The van der Waals surface area contributed by atoms with Crippen LogP contribution in [0.1, 0.15) is 11.5 Å². The molecule has 0 spiro atoms. The molecule has 0 fully saturated rings. The van der Waals surface area contributed by atoms with Crippen molar-refractivity contribution in [2.75, 3.05) is 5.32 Å². The molecule has 6 nitrogen and oxygen atoms in total. The molecule has 0 unspecified atom stereocenters. The lowest BCUT2D eigenvalue weighted by molar-refractivity contribution is -0.111. The predicted molar refractivity (Wildman–Crippen MR) is 78.9 cm³/mol. The highest BCUT2D eigenvalue weighted by molar-refractivity contribution is 7.89. The van der Waals surface area contributed by atoms with Crippen molar-refractivity contribution in [2.45, 2.75) is 11.8 Å². The van der Waals surface area contributed by atoms with Gasteiger partial charge in [-0.3, -0.25) is 4.79 Å². The predicted octanol–water partition coefficient (Wildman–Crippen LogP) is 1.89. The summed E-state index contributed by atoms with van der Waals surface area (Å²) < 4.78 is 27.5. The lowest BCUT2D eigenvalue weighted by Crippen LogP contribution is -2.12. The van der Waals surface area contributed by atoms with Crippen LogP contribution in [0.4, 0.5) is 5.69 Å². The summed E-state index contributed by atoms with van der Waals surface area (Å²) in [5, 5.41) is 7.58. The summed E-state index contributed by atoms with van der Waals surface area (Å²) in [6.45, 7) is 1.81. The number of furan rings is 1. The van der Waals surface area contributed by atoms with Crippen LogP contribution in [-0.4, -0.2) is 14.3 Å². The molecule has 7 heteroatoms. The second kappa shape index (κ2) is 5.94. The fraction of sp³-hybridized carbons (Fsp3) is 0.0714. The van der Waals surface area contributed by atoms with Crippen LogP contribution >= 0.6 is 0 Å². The first-order chi connectivity index (χ1) is 9.84. The van der Waals surface area contributed by atoms with E-state index in [0.29, 0.717) is 11.4 Å². The van der Waals surface area contributed by atoms with E-state index in [1.54, 1.807) is 18.2 Å². The molecule has 1 aromatic carbocycles. The Morgan fingerprint density at radius 1 is 1.19 bits per heavy atom. The minimum absolute atomic E-state index is 0.0119. The SMILES string of the molecule is Cc1ccc(/C=C/C(=O)Nc2ccc(S(N)(=O)=O)cc2)o1. The Hall–Kier alpha value is -2.38. The van der Waals surface area contributed by atoms with Crippen molar-refractivity contribution in [3.05, 3.63) is 54.0 Å². The topological polar surface area (TPSA) is 102 Å².